The maximum absolute atomic E-state index is 13.7. The first-order chi connectivity index (χ1) is 18.9. The predicted octanol–water partition coefficient (Wildman–Crippen LogP) is 4.68. The standard InChI is InChI=1S/C29H30N2O8/c1-7-39-19-10-8-18(9-11-19)31-16-22(20-14-23(34-2)24(35-3)15-21(20)29(31)33)28(32)30-17-12-25(36-4)27(38-6)26(13-17)37-5/h8-16H,7H2,1-6H3,(H,30,32). The van der Waals surface area contributed by atoms with Crippen LogP contribution in [0.4, 0.5) is 5.69 Å². The number of carbonyl (C=O) groups is 1. The minimum Gasteiger partial charge on any atom is -0.494 e. The van der Waals surface area contributed by atoms with Crippen molar-refractivity contribution in [3.63, 3.8) is 0 Å². The van der Waals surface area contributed by atoms with E-state index in [1.807, 2.05) is 6.92 Å². The second kappa shape index (κ2) is 11.7. The lowest BCUT2D eigenvalue weighted by Gasteiger charge is -2.17. The lowest BCUT2D eigenvalue weighted by molar-refractivity contribution is 0.102. The molecule has 1 amide bonds. The number of amides is 1. The van der Waals surface area contributed by atoms with Gasteiger partial charge in [-0.2, -0.15) is 0 Å². The summed E-state index contributed by atoms with van der Waals surface area (Å²) in [6, 6.07) is 13.4. The summed E-state index contributed by atoms with van der Waals surface area (Å²) in [6.45, 7) is 2.41. The Morgan fingerprint density at radius 3 is 1.85 bits per heavy atom. The molecule has 1 N–H and O–H groups in total. The highest BCUT2D eigenvalue weighted by Crippen LogP contribution is 2.40. The smallest absolute Gasteiger partial charge is 0.263 e. The van der Waals surface area contributed by atoms with Gasteiger partial charge in [-0.15, -0.1) is 0 Å². The summed E-state index contributed by atoms with van der Waals surface area (Å²) in [4.78, 5) is 27.4. The van der Waals surface area contributed by atoms with Gasteiger partial charge in [-0.3, -0.25) is 14.2 Å². The maximum atomic E-state index is 13.7. The van der Waals surface area contributed by atoms with E-state index in [0.717, 1.165) is 0 Å². The summed E-state index contributed by atoms with van der Waals surface area (Å²) in [5.41, 5.74) is 0.858. The van der Waals surface area contributed by atoms with Gasteiger partial charge in [0.1, 0.15) is 5.75 Å². The van der Waals surface area contributed by atoms with Gasteiger partial charge >= 0.3 is 0 Å². The van der Waals surface area contributed by atoms with E-state index < -0.39 is 5.91 Å². The van der Waals surface area contributed by atoms with Crippen molar-refractivity contribution in [2.24, 2.45) is 0 Å². The van der Waals surface area contributed by atoms with Gasteiger partial charge in [0.25, 0.3) is 11.5 Å². The maximum Gasteiger partial charge on any atom is 0.263 e. The molecule has 39 heavy (non-hydrogen) atoms. The Kier molecular flexibility index (Phi) is 8.14. The third-order valence-electron chi connectivity index (χ3n) is 6.11. The zero-order valence-electron chi connectivity index (χ0n) is 22.6. The van der Waals surface area contributed by atoms with Gasteiger partial charge < -0.3 is 33.7 Å². The normalized spacial score (nSPS) is 10.6. The van der Waals surface area contributed by atoms with Crippen LogP contribution in [-0.2, 0) is 0 Å². The number of aromatic nitrogens is 1. The number of fused-ring (bicyclic) bond motifs is 1. The van der Waals surface area contributed by atoms with Crippen LogP contribution in [-0.4, -0.2) is 52.6 Å². The van der Waals surface area contributed by atoms with Gasteiger partial charge in [-0.25, -0.2) is 0 Å². The fourth-order valence-electron chi connectivity index (χ4n) is 4.26. The zero-order chi connectivity index (χ0) is 28.1. The first kappa shape index (κ1) is 27.2. The third kappa shape index (κ3) is 5.26. The molecule has 0 aliphatic heterocycles. The number of methoxy groups -OCH3 is 5. The van der Waals surface area contributed by atoms with Crippen LogP contribution in [0.3, 0.4) is 0 Å². The number of pyridine rings is 1. The van der Waals surface area contributed by atoms with Crippen molar-refractivity contribution >= 4 is 22.4 Å². The molecule has 0 fully saturated rings. The molecule has 0 saturated carbocycles. The van der Waals surface area contributed by atoms with Crippen LogP contribution in [0.5, 0.6) is 34.5 Å². The minimum absolute atomic E-state index is 0.230. The van der Waals surface area contributed by atoms with E-state index >= 15 is 0 Å². The topological polar surface area (TPSA) is 106 Å². The highest BCUT2D eigenvalue weighted by Gasteiger charge is 2.21. The fraction of sp³-hybridized carbons (Fsp3) is 0.241. The minimum atomic E-state index is -0.471. The molecule has 204 valence electrons. The molecular weight excluding hydrogens is 504 g/mol. The average molecular weight is 535 g/mol. The molecule has 0 spiro atoms. The van der Waals surface area contributed by atoms with Crippen LogP contribution < -0.4 is 39.3 Å². The summed E-state index contributed by atoms with van der Waals surface area (Å²) >= 11 is 0. The molecule has 0 aliphatic carbocycles. The van der Waals surface area contributed by atoms with Crippen molar-refractivity contribution < 1.29 is 33.2 Å². The number of anilines is 1. The lowest BCUT2D eigenvalue weighted by atomic mass is 10.0. The van der Waals surface area contributed by atoms with Crippen LogP contribution in [0.2, 0.25) is 0 Å². The first-order valence-electron chi connectivity index (χ1n) is 12.0. The molecule has 4 aromatic rings. The van der Waals surface area contributed by atoms with Gasteiger partial charge in [0.2, 0.25) is 5.75 Å². The Balaban J connectivity index is 1.90. The Labute approximate surface area is 225 Å². The summed E-state index contributed by atoms with van der Waals surface area (Å²) in [7, 11) is 7.44. The van der Waals surface area contributed by atoms with Crippen molar-refractivity contribution in [1.82, 2.24) is 4.57 Å². The van der Waals surface area contributed by atoms with Gasteiger partial charge in [0, 0.05) is 35.1 Å². The van der Waals surface area contributed by atoms with Crippen LogP contribution in [0.25, 0.3) is 16.5 Å². The van der Waals surface area contributed by atoms with Gasteiger partial charge in [-0.1, -0.05) is 0 Å². The molecule has 0 atom stereocenters. The summed E-state index contributed by atoms with van der Waals surface area (Å²) in [5, 5.41) is 3.55. The molecule has 10 nitrogen and oxygen atoms in total. The molecule has 4 rings (SSSR count). The highest BCUT2D eigenvalue weighted by molar-refractivity contribution is 6.13. The number of nitrogens with one attached hydrogen (secondary N) is 1. The van der Waals surface area contributed by atoms with E-state index in [9.17, 15) is 9.59 Å². The quantitative estimate of drug-likeness (QED) is 0.313. The largest absolute Gasteiger partial charge is 0.494 e. The average Bonchev–Trinajstić information content (AvgIpc) is 2.96. The van der Waals surface area contributed by atoms with E-state index in [-0.39, 0.29) is 16.5 Å². The first-order valence-corrected chi connectivity index (χ1v) is 12.0. The van der Waals surface area contributed by atoms with E-state index in [4.69, 9.17) is 28.4 Å². The number of nitrogens with zero attached hydrogens (tertiary/aromatic N) is 1. The molecular formula is C29H30N2O8. The molecule has 0 unspecified atom stereocenters. The molecule has 0 saturated heterocycles. The van der Waals surface area contributed by atoms with Gasteiger partial charge in [-0.05, 0) is 43.3 Å². The monoisotopic (exact) mass is 534 g/mol. The second-order valence-electron chi connectivity index (χ2n) is 8.27. The Morgan fingerprint density at radius 1 is 0.769 bits per heavy atom. The van der Waals surface area contributed by atoms with E-state index in [0.29, 0.717) is 57.9 Å². The molecule has 0 aliphatic rings. The summed E-state index contributed by atoms with van der Waals surface area (Å²) < 4.78 is 34.0. The van der Waals surface area contributed by atoms with Gasteiger partial charge in [0.15, 0.2) is 23.0 Å². The van der Waals surface area contributed by atoms with E-state index in [2.05, 4.69) is 5.32 Å². The van der Waals surface area contributed by atoms with E-state index in [1.165, 1.54) is 46.3 Å². The van der Waals surface area contributed by atoms with Crippen molar-refractivity contribution in [1.29, 1.82) is 0 Å². The molecule has 0 radical (unpaired) electrons. The third-order valence-corrected chi connectivity index (χ3v) is 6.11. The zero-order valence-corrected chi connectivity index (χ0v) is 22.6. The Hall–Kier alpha value is -4.86. The van der Waals surface area contributed by atoms with Gasteiger partial charge in [0.05, 0.1) is 53.1 Å². The Bertz CT molecular complexity index is 1540. The SMILES string of the molecule is CCOc1ccc(-n2cc(C(=O)Nc3cc(OC)c(OC)c(OC)c3)c3cc(OC)c(OC)cc3c2=O)cc1. The molecule has 0 bridgehead atoms. The van der Waals surface area contributed by atoms with Crippen LogP contribution in [0.1, 0.15) is 17.3 Å². The molecule has 10 heteroatoms. The number of hydrogen-bond donors (Lipinski definition) is 1. The van der Waals surface area contributed by atoms with Crippen molar-refractivity contribution in [3.8, 4) is 40.2 Å². The molecule has 3 aromatic carbocycles. The highest BCUT2D eigenvalue weighted by atomic mass is 16.5. The van der Waals surface area contributed by atoms with Crippen LogP contribution >= 0.6 is 0 Å². The number of carbonyl (C=O) groups excluding carboxylic acids is 1. The van der Waals surface area contributed by atoms with E-state index in [1.54, 1.807) is 48.5 Å². The van der Waals surface area contributed by atoms with Crippen molar-refractivity contribution in [2.45, 2.75) is 6.92 Å². The van der Waals surface area contributed by atoms with Crippen LogP contribution in [0, 0.1) is 0 Å². The number of hydrogen-bond acceptors (Lipinski definition) is 8. The fourth-order valence-corrected chi connectivity index (χ4v) is 4.26. The van der Waals surface area contributed by atoms with Crippen molar-refractivity contribution in [3.05, 3.63) is 70.6 Å². The Morgan fingerprint density at radius 2 is 1.33 bits per heavy atom. The molecule has 1 heterocycles. The number of ether oxygens (including phenoxy) is 6. The number of rotatable bonds is 10. The number of benzene rings is 3. The summed E-state index contributed by atoms with van der Waals surface area (Å²) in [5.74, 6) is 2.09. The predicted molar refractivity (Wildman–Crippen MR) is 148 cm³/mol. The summed E-state index contributed by atoms with van der Waals surface area (Å²) in [6.07, 6.45) is 1.50. The second-order valence-corrected chi connectivity index (χ2v) is 8.27. The van der Waals surface area contributed by atoms with Crippen LogP contribution in [0.15, 0.2) is 59.5 Å². The molecule has 1 aromatic heterocycles. The van der Waals surface area contributed by atoms with Crippen molar-refractivity contribution in [2.75, 3.05) is 47.5 Å². The lowest BCUT2D eigenvalue weighted by Crippen LogP contribution is -2.23.